The van der Waals surface area contributed by atoms with Gasteiger partial charge in [0, 0.05) is 17.4 Å². The topological polar surface area (TPSA) is 112 Å². The third-order valence-electron chi connectivity index (χ3n) is 5.24. The molecule has 37 heavy (non-hydrogen) atoms. The number of halogens is 2. The monoisotopic (exact) mass is 541 g/mol. The zero-order valence-corrected chi connectivity index (χ0v) is 21.2. The van der Waals surface area contributed by atoms with E-state index in [2.05, 4.69) is 15.5 Å². The van der Waals surface area contributed by atoms with Gasteiger partial charge in [0.15, 0.2) is 17.1 Å². The lowest BCUT2D eigenvalue weighted by Gasteiger charge is -2.18. The quantitative estimate of drug-likeness (QED) is 0.152. The summed E-state index contributed by atoms with van der Waals surface area (Å²) in [4.78, 5) is 23.0. The molecule has 4 rings (SSSR count). The van der Waals surface area contributed by atoms with Crippen LogP contribution in [0.2, 0.25) is 5.02 Å². The lowest BCUT2D eigenvalue weighted by atomic mass is 10.2. The van der Waals surface area contributed by atoms with E-state index in [0.29, 0.717) is 21.8 Å². The molecule has 2 atom stereocenters. The Hall–Kier alpha value is -3.96. The number of carbonyl (C=O) groups is 1. The molecule has 1 aromatic heterocycles. The van der Waals surface area contributed by atoms with Gasteiger partial charge in [-0.1, -0.05) is 53.7 Å². The van der Waals surface area contributed by atoms with Crippen LogP contribution in [0.15, 0.2) is 78.0 Å². The van der Waals surface area contributed by atoms with E-state index in [9.17, 15) is 19.3 Å². The molecular weight excluding hydrogens is 521 g/mol. The van der Waals surface area contributed by atoms with Crippen molar-refractivity contribution >= 4 is 40.6 Å². The van der Waals surface area contributed by atoms with Crippen molar-refractivity contribution in [2.45, 2.75) is 30.4 Å². The Labute approximate surface area is 220 Å². The number of benzene rings is 3. The summed E-state index contributed by atoms with van der Waals surface area (Å²) in [5, 5.41) is 22.4. The van der Waals surface area contributed by atoms with Gasteiger partial charge < -0.3 is 10.1 Å². The van der Waals surface area contributed by atoms with Crippen LogP contribution in [0.4, 0.5) is 15.8 Å². The number of aromatic nitrogens is 3. The lowest BCUT2D eigenvalue weighted by molar-refractivity contribution is -0.387. The summed E-state index contributed by atoms with van der Waals surface area (Å²) in [5.74, 6) is -0.442. The second kappa shape index (κ2) is 11.4. The first kappa shape index (κ1) is 26.1. The maximum atomic E-state index is 13.6. The molecule has 1 heterocycles. The van der Waals surface area contributed by atoms with Crippen molar-refractivity contribution in [3.63, 3.8) is 0 Å². The number of ether oxygens (including phenoxy) is 1. The molecule has 9 nitrogen and oxygen atoms in total. The van der Waals surface area contributed by atoms with Crippen molar-refractivity contribution in [1.29, 1.82) is 0 Å². The fourth-order valence-electron chi connectivity index (χ4n) is 3.41. The molecule has 3 aromatic carbocycles. The van der Waals surface area contributed by atoms with Gasteiger partial charge in [-0.3, -0.25) is 19.5 Å². The van der Waals surface area contributed by atoms with Crippen LogP contribution < -0.4 is 10.1 Å². The number of nitro groups is 1. The van der Waals surface area contributed by atoms with E-state index in [0.717, 1.165) is 29.6 Å². The Balaban J connectivity index is 1.58. The van der Waals surface area contributed by atoms with Crippen molar-refractivity contribution in [2.75, 3.05) is 5.32 Å². The molecule has 2 unspecified atom stereocenters. The summed E-state index contributed by atoms with van der Waals surface area (Å²) in [6, 6.07) is 19.6. The summed E-state index contributed by atoms with van der Waals surface area (Å²) >= 11 is 7.39. The predicted molar refractivity (Wildman–Crippen MR) is 139 cm³/mol. The van der Waals surface area contributed by atoms with Gasteiger partial charge in [-0.25, -0.2) is 0 Å². The number of nitro benzene ring substituents is 1. The number of nitrogens with one attached hydrogen (secondary N) is 1. The molecule has 0 saturated heterocycles. The highest BCUT2D eigenvalue weighted by Crippen LogP contribution is 2.32. The van der Waals surface area contributed by atoms with E-state index in [1.54, 1.807) is 29.7 Å². The molecule has 0 saturated carbocycles. The Bertz CT molecular complexity index is 1440. The number of rotatable bonds is 9. The number of hydrogen-bond acceptors (Lipinski definition) is 7. The summed E-state index contributed by atoms with van der Waals surface area (Å²) in [6.07, 6.45) is -0.536. The Kier molecular flexibility index (Phi) is 8.04. The third-order valence-corrected chi connectivity index (χ3v) is 6.59. The minimum Gasteiger partial charge on any atom is -0.481 e. The molecule has 0 aliphatic rings. The van der Waals surface area contributed by atoms with Gasteiger partial charge in [0.05, 0.1) is 15.2 Å². The van der Waals surface area contributed by atoms with Crippen LogP contribution in [-0.2, 0) is 4.79 Å². The third kappa shape index (κ3) is 6.07. The number of thioether (sulfide) groups is 1. The number of hydrogen-bond donors (Lipinski definition) is 1. The van der Waals surface area contributed by atoms with E-state index in [4.69, 9.17) is 16.3 Å². The number of para-hydroxylation sites is 2. The van der Waals surface area contributed by atoms with Gasteiger partial charge in [0.25, 0.3) is 0 Å². The van der Waals surface area contributed by atoms with E-state index in [1.165, 1.54) is 6.07 Å². The van der Waals surface area contributed by atoms with Gasteiger partial charge in [-0.2, -0.15) is 4.39 Å². The summed E-state index contributed by atoms with van der Waals surface area (Å²) in [6.45, 7) is 3.48. The maximum Gasteiger partial charge on any atom is 0.306 e. The second-order valence-electron chi connectivity index (χ2n) is 7.87. The first-order chi connectivity index (χ1) is 17.7. The molecule has 12 heteroatoms. The smallest absolute Gasteiger partial charge is 0.306 e. The molecule has 0 radical (unpaired) electrons. The average molecular weight is 542 g/mol. The minimum atomic E-state index is -0.984. The summed E-state index contributed by atoms with van der Waals surface area (Å²) in [5.41, 5.74) is 0.151. The van der Waals surface area contributed by atoms with Crippen LogP contribution in [0.1, 0.15) is 25.8 Å². The summed E-state index contributed by atoms with van der Waals surface area (Å²) < 4.78 is 21.5. The molecule has 0 aliphatic carbocycles. The second-order valence-corrected chi connectivity index (χ2v) is 9.59. The molecule has 0 bridgehead atoms. The van der Waals surface area contributed by atoms with Crippen LogP contribution in [0.5, 0.6) is 5.75 Å². The number of nitrogens with zero attached hydrogens (tertiary/aromatic N) is 4. The van der Waals surface area contributed by atoms with E-state index in [-0.39, 0.29) is 5.69 Å². The van der Waals surface area contributed by atoms with Crippen molar-refractivity contribution in [3.8, 4) is 11.4 Å². The summed E-state index contributed by atoms with van der Waals surface area (Å²) in [7, 11) is 0. The van der Waals surface area contributed by atoms with Crippen molar-refractivity contribution < 1.29 is 18.8 Å². The normalized spacial score (nSPS) is 12.5. The van der Waals surface area contributed by atoms with E-state index in [1.807, 2.05) is 43.3 Å². The van der Waals surface area contributed by atoms with Gasteiger partial charge in [-0.05, 0) is 50.2 Å². The molecule has 1 amide bonds. The lowest BCUT2D eigenvalue weighted by Crippen LogP contribution is -2.23. The zero-order chi connectivity index (χ0) is 26.5. The van der Waals surface area contributed by atoms with Crippen LogP contribution >= 0.6 is 23.4 Å². The SMILES string of the molecule is CC(Sc1nnc(C(C)Oc2ccccc2Cl)n1-c1ccccc1)C(=O)Nc1ccc(F)c([N+](=O)[O-])c1. The number of carbonyl (C=O) groups excluding carboxylic acids is 1. The Morgan fingerprint density at radius 2 is 1.81 bits per heavy atom. The van der Waals surface area contributed by atoms with E-state index >= 15 is 0 Å². The average Bonchev–Trinajstić information content (AvgIpc) is 3.30. The van der Waals surface area contributed by atoms with Crippen LogP contribution in [-0.4, -0.2) is 30.8 Å². The van der Waals surface area contributed by atoms with Gasteiger partial charge >= 0.3 is 5.69 Å². The van der Waals surface area contributed by atoms with Crippen molar-refractivity contribution in [1.82, 2.24) is 14.8 Å². The molecule has 190 valence electrons. The highest BCUT2D eigenvalue weighted by atomic mass is 35.5. The maximum absolute atomic E-state index is 13.6. The van der Waals surface area contributed by atoms with Crippen molar-refractivity contribution in [2.24, 2.45) is 0 Å². The zero-order valence-electron chi connectivity index (χ0n) is 19.7. The molecule has 0 fully saturated rings. The van der Waals surface area contributed by atoms with Gasteiger partial charge in [-0.15, -0.1) is 10.2 Å². The number of amides is 1. The standard InChI is InChI=1S/C25H21ClFN5O4S/c1-15(36-22-11-7-6-10-19(22)26)23-29-30-25(31(23)18-8-4-3-5-9-18)37-16(2)24(33)28-17-12-13-20(27)21(14-17)32(34)35/h3-16H,1-2H3,(H,28,33). The Morgan fingerprint density at radius 3 is 2.51 bits per heavy atom. The minimum absolute atomic E-state index is 0.109. The van der Waals surface area contributed by atoms with Crippen LogP contribution in [0.3, 0.4) is 0 Å². The fourth-order valence-corrected chi connectivity index (χ4v) is 4.46. The Morgan fingerprint density at radius 1 is 1.11 bits per heavy atom. The highest BCUT2D eigenvalue weighted by molar-refractivity contribution is 8.00. The van der Waals surface area contributed by atoms with Gasteiger partial charge in [0.2, 0.25) is 11.7 Å². The molecule has 1 N–H and O–H groups in total. The van der Waals surface area contributed by atoms with Crippen LogP contribution in [0.25, 0.3) is 5.69 Å². The molecule has 0 spiro atoms. The molecule has 4 aromatic rings. The number of anilines is 1. The molecular formula is C25H21ClFN5O4S. The van der Waals surface area contributed by atoms with Gasteiger partial charge in [0.1, 0.15) is 5.75 Å². The highest BCUT2D eigenvalue weighted by Gasteiger charge is 2.25. The first-order valence-electron chi connectivity index (χ1n) is 11.1. The van der Waals surface area contributed by atoms with Crippen molar-refractivity contribution in [3.05, 3.63) is 99.6 Å². The fraction of sp³-hybridized carbons (Fsp3) is 0.160. The first-order valence-corrected chi connectivity index (χ1v) is 12.3. The van der Waals surface area contributed by atoms with Crippen LogP contribution in [0, 0.1) is 15.9 Å². The largest absolute Gasteiger partial charge is 0.481 e. The predicted octanol–water partition coefficient (Wildman–Crippen LogP) is 6.23. The molecule has 0 aliphatic heterocycles. The van der Waals surface area contributed by atoms with E-state index < -0.39 is 33.7 Å².